The lowest BCUT2D eigenvalue weighted by Crippen LogP contribution is -2.47. The number of rotatable bonds is 4. The molecule has 1 rings (SSSR count). The summed E-state index contributed by atoms with van der Waals surface area (Å²) in [5, 5.41) is 9.26. The Balaban J connectivity index is 3.35. The monoisotopic (exact) mass is 305 g/mol. The van der Waals surface area contributed by atoms with Crippen molar-refractivity contribution in [3.63, 3.8) is 0 Å². The van der Waals surface area contributed by atoms with Crippen LogP contribution in [-0.2, 0) is 6.18 Å². The number of hydrazine groups is 1. The molecule has 0 saturated carbocycles. The Kier molecular flexibility index (Phi) is 4.85. The van der Waals surface area contributed by atoms with Crippen LogP contribution in [0.5, 0.6) is 0 Å². The summed E-state index contributed by atoms with van der Waals surface area (Å²) in [5.41, 5.74) is -0.698. The van der Waals surface area contributed by atoms with Crippen molar-refractivity contribution in [2.45, 2.75) is 25.6 Å². The van der Waals surface area contributed by atoms with Gasteiger partial charge in [-0.25, -0.2) is 0 Å². The van der Waals surface area contributed by atoms with Gasteiger partial charge in [0.1, 0.15) is 0 Å². The van der Waals surface area contributed by atoms with E-state index in [1.807, 2.05) is 5.43 Å². The maximum absolute atomic E-state index is 12.9. The largest absolute Gasteiger partial charge is 0.418 e. The van der Waals surface area contributed by atoms with Gasteiger partial charge in [0.15, 0.2) is 0 Å². The number of hydrogen-bond donors (Lipinski definition) is 3. The fourth-order valence-electron chi connectivity index (χ4n) is 1.68. The van der Waals surface area contributed by atoms with E-state index in [0.717, 1.165) is 12.1 Å². The van der Waals surface area contributed by atoms with Crippen LogP contribution >= 0.6 is 0 Å². The molecule has 1 aromatic rings. The summed E-state index contributed by atoms with van der Waals surface area (Å²) >= 11 is 0. The Morgan fingerprint density at radius 2 is 1.95 bits per heavy atom. The molecule has 4 N–H and O–H groups in total. The maximum Gasteiger partial charge on any atom is 0.418 e. The number of halogens is 3. The number of alkyl halides is 3. The highest BCUT2D eigenvalue weighted by atomic mass is 19.4. The second-order valence-electron chi connectivity index (χ2n) is 5.20. The maximum atomic E-state index is 12.9. The Morgan fingerprint density at radius 1 is 1.38 bits per heavy atom. The van der Waals surface area contributed by atoms with E-state index in [4.69, 9.17) is 5.84 Å². The molecule has 0 atom stereocenters. The van der Waals surface area contributed by atoms with E-state index >= 15 is 0 Å². The Morgan fingerprint density at radius 3 is 2.38 bits per heavy atom. The summed E-state index contributed by atoms with van der Waals surface area (Å²) in [6, 6.07) is 3.22. The summed E-state index contributed by atoms with van der Waals surface area (Å²) in [6.07, 6.45) is -4.64. The number of para-hydroxylation sites is 1. The average molecular weight is 305 g/mol. The molecule has 0 spiro atoms. The summed E-state index contributed by atoms with van der Waals surface area (Å²) in [5.74, 6) is 4.48. The van der Waals surface area contributed by atoms with Crippen molar-refractivity contribution in [3.8, 4) is 0 Å². The van der Waals surface area contributed by atoms with Gasteiger partial charge in [-0.05, 0) is 26.0 Å². The highest BCUT2D eigenvalue weighted by Gasteiger charge is 2.36. The molecule has 0 fully saturated rings. The van der Waals surface area contributed by atoms with Crippen molar-refractivity contribution in [3.05, 3.63) is 29.3 Å². The number of aliphatic hydroxyl groups is 1. The van der Waals surface area contributed by atoms with E-state index in [1.54, 1.807) is 13.8 Å². The topological polar surface area (TPSA) is 78.6 Å². The molecule has 1 amide bonds. The number of aliphatic hydroxyl groups excluding tert-OH is 1. The van der Waals surface area contributed by atoms with Crippen LogP contribution in [0.1, 0.15) is 29.8 Å². The lowest BCUT2D eigenvalue weighted by atomic mass is 10.0. The number of anilines is 1. The van der Waals surface area contributed by atoms with E-state index in [2.05, 4.69) is 0 Å². The molecule has 0 aliphatic heterocycles. The molecular formula is C13H18F3N3O2. The van der Waals surface area contributed by atoms with Crippen molar-refractivity contribution in [2.24, 2.45) is 5.84 Å². The zero-order valence-electron chi connectivity index (χ0n) is 12.0. The number of carbonyl (C=O) groups is 1. The van der Waals surface area contributed by atoms with Gasteiger partial charge in [-0.2, -0.15) is 13.2 Å². The summed E-state index contributed by atoms with van der Waals surface area (Å²) in [7, 11) is 1.40. The van der Waals surface area contributed by atoms with Crippen molar-refractivity contribution < 1.29 is 23.1 Å². The number of nitrogen functional groups attached to an aromatic ring is 1. The minimum Gasteiger partial charge on any atom is -0.394 e. The molecular weight excluding hydrogens is 287 g/mol. The molecule has 0 unspecified atom stereocenters. The van der Waals surface area contributed by atoms with Crippen LogP contribution in [-0.4, -0.2) is 35.1 Å². The fraction of sp³-hybridized carbons (Fsp3) is 0.462. The lowest BCUT2D eigenvalue weighted by Gasteiger charge is -2.34. The molecule has 0 radical (unpaired) electrons. The first-order valence-corrected chi connectivity index (χ1v) is 6.12. The van der Waals surface area contributed by atoms with Gasteiger partial charge in [0, 0.05) is 7.05 Å². The number of hydrogen-bond acceptors (Lipinski definition) is 4. The van der Waals surface area contributed by atoms with Crippen LogP contribution < -0.4 is 11.3 Å². The predicted molar refractivity (Wildman–Crippen MR) is 72.5 cm³/mol. The Labute approximate surface area is 120 Å². The molecule has 8 heteroatoms. The number of nitrogens with two attached hydrogens (primary N) is 1. The van der Waals surface area contributed by atoms with Crippen molar-refractivity contribution in [2.75, 3.05) is 19.1 Å². The van der Waals surface area contributed by atoms with Gasteiger partial charge < -0.3 is 15.4 Å². The fourth-order valence-corrected chi connectivity index (χ4v) is 1.68. The second-order valence-corrected chi connectivity index (χ2v) is 5.20. The number of nitrogens with zero attached hydrogens (tertiary/aromatic N) is 1. The molecule has 0 heterocycles. The first-order valence-electron chi connectivity index (χ1n) is 6.12. The van der Waals surface area contributed by atoms with E-state index in [-0.39, 0.29) is 12.2 Å². The first kappa shape index (κ1) is 17.3. The third-order valence-corrected chi connectivity index (χ3v) is 3.34. The van der Waals surface area contributed by atoms with Crippen molar-refractivity contribution in [1.29, 1.82) is 0 Å². The van der Waals surface area contributed by atoms with Gasteiger partial charge >= 0.3 is 6.18 Å². The summed E-state index contributed by atoms with van der Waals surface area (Å²) in [6.45, 7) is 2.85. The molecule has 1 aromatic carbocycles. The Hall–Kier alpha value is -1.80. The highest BCUT2D eigenvalue weighted by Crippen LogP contribution is 2.36. The number of likely N-dealkylation sites (N-methyl/N-ethyl adjacent to an activating group) is 1. The summed E-state index contributed by atoms with van der Waals surface area (Å²) in [4.78, 5) is 13.5. The normalized spacial score (nSPS) is 12.2. The van der Waals surface area contributed by atoms with Crippen molar-refractivity contribution in [1.82, 2.24) is 4.90 Å². The first-order chi connectivity index (χ1) is 9.56. The van der Waals surface area contributed by atoms with Crippen molar-refractivity contribution >= 4 is 11.6 Å². The highest BCUT2D eigenvalue weighted by molar-refractivity contribution is 6.00. The van der Waals surface area contributed by atoms with Gasteiger partial charge in [-0.1, -0.05) is 6.07 Å². The minimum atomic E-state index is -4.64. The lowest BCUT2D eigenvalue weighted by molar-refractivity contribution is -0.137. The molecule has 0 aliphatic carbocycles. The smallest absolute Gasteiger partial charge is 0.394 e. The Bertz CT molecular complexity index is 530. The third-order valence-electron chi connectivity index (χ3n) is 3.34. The van der Waals surface area contributed by atoms with Crippen LogP contribution in [0.15, 0.2) is 18.2 Å². The average Bonchev–Trinajstić information content (AvgIpc) is 2.43. The number of nitrogens with one attached hydrogen (secondary N) is 1. The van der Waals surface area contributed by atoms with E-state index < -0.39 is 28.9 Å². The van der Waals surface area contributed by atoms with Crippen LogP contribution in [0.25, 0.3) is 0 Å². The SMILES string of the molecule is CN(C(=O)c1cccc(C(F)(F)F)c1NN)C(C)(C)CO. The summed E-state index contributed by atoms with van der Waals surface area (Å²) < 4.78 is 38.8. The molecule has 0 aliphatic rings. The molecule has 0 bridgehead atoms. The van der Waals surface area contributed by atoms with Gasteiger partial charge in [-0.15, -0.1) is 0 Å². The molecule has 5 nitrogen and oxygen atoms in total. The van der Waals surface area contributed by atoms with Crippen LogP contribution in [0, 0.1) is 0 Å². The third kappa shape index (κ3) is 3.45. The number of amides is 1. The second kappa shape index (κ2) is 5.90. The standard InChI is InChI=1S/C13H18F3N3O2/c1-12(2,7-20)19(3)11(21)8-5-4-6-9(10(8)18-17)13(14,15)16/h4-6,18,20H,7,17H2,1-3H3. The van der Waals surface area contributed by atoms with Gasteiger partial charge in [0.05, 0.1) is 29.0 Å². The zero-order chi connectivity index (χ0) is 16.4. The molecule has 0 aromatic heterocycles. The predicted octanol–water partition coefficient (Wildman–Crippen LogP) is 1.83. The van der Waals surface area contributed by atoms with E-state index in [1.165, 1.54) is 18.0 Å². The number of benzene rings is 1. The van der Waals surface area contributed by atoms with Gasteiger partial charge in [-0.3, -0.25) is 10.6 Å². The van der Waals surface area contributed by atoms with Gasteiger partial charge in [0.25, 0.3) is 5.91 Å². The van der Waals surface area contributed by atoms with E-state index in [9.17, 15) is 23.1 Å². The molecule has 0 saturated heterocycles. The number of carbonyl (C=O) groups excluding carboxylic acids is 1. The van der Waals surface area contributed by atoms with Crippen LogP contribution in [0.3, 0.4) is 0 Å². The van der Waals surface area contributed by atoms with Crippen LogP contribution in [0.4, 0.5) is 18.9 Å². The molecule has 21 heavy (non-hydrogen) atoms. The van der Waals surface area contributed by atoms with E-state index in [0.29, 0.717) is 0 Å². The van der Waals surface area contributed by atoms with Gasteiger partial charge in [0.2, 0.25) is 0 Å². The quantitative estimate of drug-likeness (QED) is 0.586. The molecule has 118 valence electrons. The van der Waals surface area contributed by atoms with Crippen LogP contribution in [0.2, 0.25) is 0 Å². The zero-order valence-corrected chi connectivity index (χ0v) is 12.0. The minimum absolute atomic E-state index is 0.212.